The topological polar surface area (TPSA) is 34.0 Å². The van der Waals surface area contributed by atoms with E-state index in [-0.39, 0.29) is 0 Å². The molecule has 0 unspecified atom stereocenters. The number of nitrogens with zero attached hydrogens (tertiary/aromatic N) is 2. The molecule has 3 aromatic rings. The Bertz CT molecular complexity index is 1320. The van der Waals surface area contributed by atoms with Crippen LogP contribution in [0.4, 0.5) is 0 Å². The van der Waals surface area contributed by atoms with E-state index in [0.717, 1.165) is 14.0 Å². The van der Waals surface area contributed by atoms with E-state index >= 15 is 0 Å². The molecular formula is C26H25BN3+. The Morgan fingerprint density at radius 3 is 2.80 bits per heavy atom. The standard InChI is InChI=1S/C26H25BN3/c1-17-16-21(30-26(17)23(13-14-28)24-6-3-15-29(24)27-30)12-11-18-7-8-20-10-9-19-4-2-5-22(18)25(19)20/h2-8,11-12,15-16,27H,9-10,13-14,28H2,1H3/q+1/b12-11+. The van der Waals surface area contributed by atoms with Crippen molar-refractivity contribution in [2.45, 2.75) is 26.2 Å². The van der Waals surface area contributed by atoms with Crippen LogP contribution in [0.2, 0.25) is 0 Å². The molecule has 2 aromatic carbocycles. The van der Waals surface area contributed by atoms with Crippen LogP contribution >= 0.6 is 0 Å². The molecular weight excluding hydrogens is 365 g/mol. The fourth-order valence-corrected chi connectivity index (χ4v) is 5.47. The third-order valence-electron chi connectivity index (χ3n) is 6.78. The van der Waals surface area contributed by atoms with Crippen LogP contribution in [-0.4, -0.2) is 28.8 Å². The molecule has 2 aliphatic heterocycles. The summed E-state index contributed by atoms with van der Waals surface area (Å²) in [4.78, 5) is 0. The van der Waals surface area contributed by atoms with Crippen molar-refractivity contribution in [3.8, 4) is 0 Å². The molecule has 0 spiro atoms. The third kappa shape index (κ3) is 2.53. The number of allylic oxidation sites excluding steroid dienone is 3. The highest BCUT2D eigenvalue weighted by Crippen LogP contribution is 2.35. The van der Waals surface area contributed by atoms with Gasteiger partial charge < -0.3 is 10.2 Å². The van der Waals surface area contributed by atoms with Crippen molar-refractivity contribution < 1.29 is 4.49 Å². The van der Waals surface area contributed by atoms with Gasteiger partial charge in [-0.1, -0.05) is 30.3 Å². The Balaban J connectivity index is 1.46. The Hall–Kier alpha value is -3.11. The van der Waals surface area contributed by atoms with E-state index in [4.69, 9.17) is 5.73 Å². The smallest absolute Gasteiger partial charge is 0.330 e. The predicted molar refractivity (Wildman–Crippen MR) is 127 cm³/mol. The number of hydrogen-bond acceptors (Lipinski definition) is 1. The van der Waals surface area contributed by atoms with Gasteiger partial charge in [0.05, 0.1) is 0 Å². The molecule has 0 bridgehead atoms. The van der Waals surface area contributed by atoms with E-state index in [1.54, 1.807) is 0 Å². The van der Waals surface area contributed by atoms with Crippen LogP contribution < -0.4 is 5.73 Å². The van der Waals surface area contributed by atoms with Gasteiger partial charge in [-0.05, 0) is 84.6 Å². The summed E-state index contributed by atoms with van der Waals surface area (Å²) in [6, 6.07) is 15.7. The van der Waals surface area contributed by atoms with Crippen LogP contribution in [0, 0.1) is 0 Å². The van der Waals surface area contributed by atoms with Crippen LogP contribution in [-0.2, 0) is 12.8 Å². The Labute approximate surface area is 177 Å². The second kappa shape index (κ2) is 6.71. The molecule has 4 heteroatoms. The van der Waals surface area contributed by atoms with Gasteiger partial charge in [0.25, 0.3) is 0 Å². The number of benzene rings is 2. The zero-order valence-corrected chi connectivity index (χ0v) is 17.4. The minimum absolute atomic E-state index is 0.664. The van der Waals surface area contributed by atoms with Crippen LogP contribution in [0.1, 0.15) is 35.7 Å². The lowest BCUT2D eigenvalue weighted by atomic mass is 9.93. The third-order valence-corrected chi connectivity index (χ3v) is 6.78. The molecule has 0 fully saturated rings. The van der Waals surface area contributed by atoms with Gasteiger partial charge in [0.1, 0.15) is 0 Å². The van der Waals surface area contributed by atoms with E-state index in [9.17, 15) is 0 Å². The molecule has 3 heterocycles. The van der Waals surface area contributed by atoms with Crippen molar-refractivity contribution in [1.82, 2.24) is 4.48 Å². The average molecular weight is 390 g/mol. The maximum absolute atomic E-state index is 5.96. The van der Waals surface area contributed by atoms with Crippen LogP contribution in [0.5, 0.6) is 0 Å². The highest BCUT2D eigenvalue weighted by Gasteiger charge is 2.36. The Kier molecular flexibility index (Phi) is 3.97. The van der Waals surface area contributed by atoms with Gasteiger partial charge in [0, 0.05) is 29.0 Å². The number of rotatable bonds is 4. The largest absolute Gasteiger partial charge is 0.604 e. The number of fused-ring (bicyclic) bond motifs is 2. The number of hydrogen-bond donors (Lipinski definition) is 1. The van der Waals surface area contributed by atoms with Gasteiger partial charge >= 0.3 is 7.55 Å². The molecule has 0 saturated heterocycles. The Morgan fingerprint density at radius 1 is 1.07 bits per heavy atom. The fourth-order valence-electron chi connectivity index (χ4n) is 5.47. The Morgan fingerprint density at radius 2 is 1.93 bits per heavy atom. The predicted octanol–water partition coefficient (Wildman–Crippen LogP) is 4.05. The quantitative estimate of drug-likeness (QED) is 0.670. The van der Waals surface area contributed by atoms with E-state index in [1.165, 1.54) is 68.6 Å². The summed E-state index contributed by atoms with van der Waals surface area (Å²) in [6.45, 7) is 2.88. The molecule has 0 atom stereocenters. The first kappa shape index (κ1) is 17.7. The summed E-state index contributed by atoms with van der Waals surface area (Å²) in [7, 11) is 0.850. The SMILES string of the molecule is CC1=CC(/C=C/c2ccc3c4c(cccc24)CC3)=[N+]2Bn3cccc3C(CCN)=C12. The molecule has 2 N–H and O–H groups in total. The van der Waals surface area contributed by atoms with E-state index in [1.807, 2.05) is 0 Å². The summed E-state index contributed by atoms with van der Waals surface area (Å²) in [5.41, 5.74) is 16.8. The zero-order valence-electron chi connectivity index (χ0n) is 17.4. The fraction of sp³-hybridized carbons (Fsp3) is 0.192. The second-order valence-corrected chi connectivity index (χ2v) is 8.54. The summed E-state index contributed by atoms with van der Waals surface area (Å²) in [5.74, 6) is 0. The molecule has 1 aliphatic carbocycles. The van der Waals surface area contributed by atoms with Gasteiger partial charge in [-0.2, -0.15) is 0 Å². The highest BCUT2D eigenvalue weighted by atomic mass is 15.1. The van der Waals surface area contributed by atoms with Crippen LogP contribution in [0.3, 0.4) is 0 Å². The van der Waals surface area contributed by atoms with Crippen molar-refractivity contribution in [1.29, 1.82) is 0 Å². The van der Waals surface area contributed by atoms with Crippen molar-refractivity contribution in [2.24, 2.45) is 5.73 Å². The first-order valence-electron chi connectivity index (χ1n) is 10.9. The van der Waals surface area contributed by atoms with Crippen molar-refractivity contribution >= 4 is 35.7 Å². The molecule has 30 heavy (non-hydrogen) atoms. The lowest BCUT2D eigenvalue weighted by Gasteiger charge is -2.18. The summed E-state index contributed by atoms with van der Waals surface area (Å²) >= 11 is 0. The first-order valence-corrected chi connectivity index (χ1v) is 10.9. The molecule has 0 saturated carbocycles. The van der Waals surface area contributed by atoms with E-state index in [0.29, 0.717) is 6.54 Å². The van der Waals surface area contributed by atoms with E-state index < -0.39 is 0 Å². The average Bonchev–Trinajstić information content (AvgIpc) is 3.47. The monoisotopic (exact) mass is 390 g/mol. The van der Waals surface area contributed by atoms with Gasteiger partial charge in [-0.3, -0.25) is 4.49 Å². The molecule has 0 radical (unpaired) electrons. The summed E-state index contributed by atoms with van der Waals surface area (Å²) < 4.78 is 4.76. The number of aryl methyl sites for hydroxylation is 2. The first-order chi connectivity index (χ1) is 14.7. The second-order valence-electron chi connectivity index (χ2n) is 8.54. The summed E-state index contributed by atoms with van der Waals surface area (Å²) in [6.07, 6.45) is 12.3. The normalized spacial score (nSPS) is 17.1. The van der Waals surface area contributed by atoms with Gasteiger partial charge in [0.15, 0.2) is 11.4 Å². The lowest BCUT2D eigenvalue weighted by molar-refractivity contribution is -0.314. The molecule has 3 aliphatic rings. The van der Waals surface area contributed by atoms with Gasteiger partial charge in [-0.15, -0.1) is 0 Å². The molecule has 6 rings (SSSR count). The van der Waals surface area contributed by atoms with Crippen molar-refractivity contribution in [3.63, 3.8) is 0 Å². The minimum atomic E-state index is 0.664. The molecule has 0 amide bonds. The van der Waals surface area contributed by atoms with E-state index in [2.05, 4.69) is 82.8 Å². The molecule has 146 valence electrons. The molecule has 3 nitrogen and oxygen atoms in total. The van der Waals surface area contributed by atoms with Gasteiger partial charge in [0.2, 0.25) is 0 Å². The van der Waals surface area contributed by atoms with Crippen molar-refractivity contribution in [2.75, 3.05) is 6.54 Å². The maximum atomic E-state index is 5.96. The molecule has 1 aromatic heterocycles. The minimum Gasteiger partial charge on any atom is -0.330 e. The van der Waals surface area contributed by atoms with Gasteiger partial charge in [-0.25, -0.2) is 0 Å². The maximum Gasteiger partial charge on any atom is 0.604 e. The number of aromatic nitrogens is 1. The zero-order chi connectivity index (χ0) is 20.2. The van der Waals surface area contributed by atoms with Crippen molar-refractivity contribution in [3.05, 3.63) is 94.5 Å². The van der Waals surface area contributed by atoms with Crippen LogP contribution in [0.25, 0.3) is 22.4 Å². The summed E-state index contributed by atoms with van der Waals surface area (Å²) in [5, 5.41) is 2.85. The number of nitrogens with two attached hydrogens (primary N) is 1. The lowest BCUT2D eigenvalue weighted by Crippen LogP contribution is -2.31. The highest BCUT2D eigenvalue weighted by molar-refractivity contribution is 6.30. The van der Waals surface area contributed by atoms with Crippen LogP contribution in [0.15, 0.2) is 72.1 Å².